The molecule has 0 aliphatic heterocycles. The normalized spacial score (nSPS) is 10.5. The minimum Gasteiger partial charge on any atom is -0.274 e. The molecule has 2 rings (SSSR count). The number of benzene rings is 2. The number of carbonyl (C=O) groups is 2. The van der Waals surface area contributed by atoms with Gasteiger partial charge in [0.05, 0.1) is 21.2 Å². The second-order valence-corrected chi connectivity index (χ2v) is 6.60. The zero-order chi connectivity index (χ0) is 18.2. The molecule has 0 N–H and O–H groups in total. The molecule has 5 heteroatoms. The zero-order valence-corrected chi connectivity index (χ0v) is 15.7. The molecule has 0 saturated heterocycles. The van der Waals surface area contributed by atoms with Crippen LogP contribution in [0.3, 0.4) is 0 Å². The Bertz CT molecular complexity index is 688. The summed E-state index contributed by atoms with van der Waals surface area (Å²) in [6.45, 7) is 2.45. The first-order valence-corrected chi connectivity index (χ1v) is 9.17. The summed E-state index contributed by atoms with van der Waals surface area (Å²) in [4.78, 5) is 27.1. The largest absolute Gasteiger partial charge is 0.274 e. The summed E-state index contributed by atoms with van der Waals surface area (Å²) >= 11 is 12.3. The van der Waals surface area contributed by atoms with E-state index in [2.05, 4.69) is 6.92 Å². The number of unbranched alkanes of at least 4 members (excludes halogenated alkanes) is 3. The molecule has 132 valence electrons. The van der Waals surface area contributed by atoms with E-state index in [-0.39, 0.29) is 0 Å². The Kier molecular flexibility index (Phi) is 7.48. The van der Waals surface area contributed by atoms with Gasteiger partial charge in [0.15, 0.2) is 0 Å². The molecule has 2 amide bonds. The van der Waals surface area contributed by atoms with Crippen molar-refractivity contribution in [3.8, 4) is 0 Å². The van der Waals surface area contributed by atoms with E-state index < -0.39 is 11.8 Å². The van der Waals surface area contributed by atoms with Crippen molar-refractivity contribution >= 4 is 35.0 Å². The Labute approximate surface area is 158 Å². The topological polar surface area (TPSA) is 37.4 Å². The number of amides is 2. The van der Waals surface area contributed by atoms with Crippen molar-refractivity contribution in [2.75, 3.05) is 6.54 Å². The van der Waals surface area contributed by atoms with E-state index in [1.54, 1.807) is 48.5 Å². The quantitative estimate of drug-likeness (QED) is 0.447. The smallest absolute Gasteiger partial charge is 0.262 e. The van der Waals surface area contributed by atoms with Gasteiger partial charge < -0.3 is 0 Å². The Morgan fingerprint density at radius 3 is 1.72 bits per heavy atom. The van der Waals surface area contributed by atoms with Crippen molar-refractivity contribution in [3.63, 3.8) is 0 Å². The number of rotatable bonds is 7. The predicted octanol–water partition coefficient (Wildman–Crippen LogP) is 5.86. The minimum atomic E-state index is -0.396. The molecule has 0 aromatic heterocycles. The molecule has 0 radical (unpaired) electrons. The molecule has 0 bridgehead atoms. The average molecular weight is 378 g/mol. The molecule has 2 aromatic carbocycles. The average Bonchev–Trinajstić information content (AvgIpc) is 2.61. The highest BCUT2D eigenvalue weighted by molar-refractivity contribution is 6.35. The van der Waals surface area contributed by atoms with Gasteiger partial charge in [-0.15, -0.1) is 0 Å². The molecule has 0 unspecified atom stereocenters. The summed E-state index contributed by atoms with van der Waals surface area (Å²) in [5, 5.41) is 0.663. The standard InChI is InChI=1S/C20H21Cl2NO2/c1-2-3-4-9-14-23(19(24)15-10-5-7-12-17(15)21)20(25)16-11-6-8-13-18(16)22/h5-8,10-13H,2-4,9,14H2,1H3. The second kappa shape index (κ2) is 9.59. The lowest BCUT2D eigenvalue weighted by Crippen LogP contribution is -2.38. The molecular weight excluding hydrogens is 357 g/mol. The summed E-state index contributed by atoms with van der Waals surface area (Å²) < 4.78 is 0. The molecule has 3 nitrogen and oxygen atoms in total. The Balaban J connectivity index is 2.29. The van der Waals surface area contributed by atoms with E-state index in [9.17, 15) is 9.59 Å². The molecular formula is C20H21Cl2NO2. The first kappa shape index (κ1) is 19.5. The summed E-state index contributed by atoms with van der Waals surface area (Å²) in [5.41, 5.74) is 0.639. The summed E-state index contributed by atoms with van der Waals surface area (Å²) in [6.07, 6.45) is 3.85. The van der Waals surface area contributed by atoms with Crippen molar-refractivity contribution < 1.29 is 9.59 Å². The zero-order valence-electron chi connectivity index (χ0n) is 14.2. The van der Waals surface area contributed by atoms with Crippen LogP contribution in [0.5, 0.6) is 0 Å². The second-order valence-electron chi connectivity index (χ2n) is 5.78. The van der Waals surface area contributed by atoms with Gasteiger partial charge in [-0.25, -0.2) is 0 Å². The van der Waals surface area contributed by atoms with Gasteiger partial charge in [0.1, 0.15) is 0 Å². The monoisotopic (exact) mass is 377 g/mol. The molecule has 0 heterocycles. The lowest BCUT2D eigenvalue weighted by Gasteiger charge is -2.22. The minimum absolute atomic E-state index is 0.320. The summed E-state index contributed by atoms with van der Waals surface area (Å²) in [7, 11) is 0. The predicted molar refractivity (Wildman–Crippen MR) is 102 cm³/mol. The van der Waals surface area contributed by atoms with Gasteiger partial charge in [0.2, 0.25) is 0 Å². The number of halogens is 2. The van der Waals surface area contributed by atoms with Crippen LogP contribution in [-0.2, 0) is 0 Å². The maximum atomic E-state index is 12.9. The fourth-order valence-electron chi connectivity index (χ4n) is 2.55. The highest BCUT2D eigenvalue weighted by Crippen LogP contribution is 2.22. The molecule has 0 saturated carbocycles. The number of imide groups is 1. The van der Waals surface area contributed by atoms with Crippen molar-refractivity contribution in [2.24, 2.45) is 0 Å². The fourth-order valence-corrected chi connectivity index (χ4v) is 2.99. The number of carbonyl (C=O) groups excluding carboxylic acids is 2. The first-order chi connectivity index (χ1) is 12.1. The van der Waals surface area contributed by atoms with E-state index in [1.807, 2.05) is 0 Å². The van der Waals surface area contributed by atoms with Gasteiger partial charge >= 0.3 is 0 Å². The lowest BCUT2D eigenvalue weighted by molar-refractivity contribution is 0.0613. The van der Waals surface area contributed by atoms with Crippen molar-refractivity contribution in [1.82, 2.24) is 4.90 Å². The van der Waals surface area contributed by atoms with Crippen molar-refractivity contribution in [3.05, 3.63) is 69.7 Å². The highest BCUT2D eigenvalue weighted by atomic mass is 35.5. The van der Waals surface area contributed by atoms with Gasteiger partial charge in [0.25, 0.3) is 11.8 Å². The molecule has 0 fully saturated rings. The van der Waals surface area contributed by atoms with Crippen LogP contribution in [0.15, 0.2) is 48.5 Å². The third-order valence-corrected chi connectivity index (χ3v) is 4.59. The van der Waals surface area contributed by atoms with Gasteiger partial charge in [-0.3, -0.25) is 14.5 Å². The third-order valence-electron chi connectivity index (χ3n) is 3.93. The lowest BCUT2D eigenvalue weighted by atomic mass is 10.1. The van der Waals surface area contributed by atoms with Crippen LogP contribution in [0.2, 0.25) is 10.0 Å². The number of hydrogen-bond donors (Lipinski definition) is 0. The highest BCUT2D eigenvalue weighted by Gasteiger charge is 2.26. The van der Waals surface area contributed by atoms with Crippen LogP contribution in [-0.4, -0.2) is 23.3 Å². The SMILES string of the molecule is CCCCCCN(C(=O)c1ccccc1Cl)C(=O)c1ccccc1Cl. The number of nitrogens with zero attached hydrogens (tertiary/aromatic N) is 1. The molecule has 0 aliphatic rings. The summed E-state index contributed by atoms with van der Waals surface area (Å²) in [6, 6.07) is 13.5. The van der Waals surface area contributed by atoms with E-state index in [4.69, 9.17) is 23.2 Å². The van der Waals surface area contributed by atoms with Crippen LogP contribution in [0.1, 0.15) is 53.3 Å². The molecule has 2 aromatic rings. The first-order valence-electron chi connectivity index (χ1n) is 8.41. The third kappa shape index (κ3) is 5.07. The maximum absolute atomic E-state index is 12.9. The van der Waals surface area contributed by atoms with Crippen molar-refractivity contribution in [1.29, 1.82) is 0 Å². The molecule has 0 aliphatic carbocycles. The van der Waals surface area contributed by atoms with Crippen LogP contribution in [0.4, 0.5) is 0 Å². The van der Waals surface area contributed by atoms with Crippen LogP contribution in [0, 0.1) is 0 Å². The molecule has 0 atom stereocenters. The fraction of sp³-hybridized carbons (Fsp3) is 0.300. The van der Waals surface area contributed by atoms with Crippen molar-refractivity contribution in [2.45, 2.75) is 32.6 Å². The Hall–Kier alpha value is -1.84. The van der Waals surface area contributed by atoms with Gasteiger partial charge in [-0.1, -0.05) is 73.7 Å². The van der Waals surface area contributed by atoms with Crippen LogP contribution < -0.4 is 0 Å². The molecule has 0 spiro atoms. The van der Waals surface area contributed by atoms with E-state index >= 15 is 0 Å². The maximum Gasteiger partial charge on any atom is 0.262 e. The van der Waals surface area contributed by atoms with Gasteiger partial charge in [-0.2, -0.15) is 0 Å². The van der Waals surface area contributed by atoms with Crippen LogP contribution >= 0.6 is 23.2 Å². The molecule has 25 heavy (non-hydrogen) atoms. The van der Waals surface area contributed by atoms with E-state index in [0.717, 1.165) is 25.7 Å². The Morgan fingerprint density at radius 1 is 0.800 bits per heavy atom. The summed E-state index contributed by atoms with van der Waals surface area (Å²) in [5.74, 6) is -0.793. The number of hydrogen-bond acceptors (Lipinski definition) is 2. The van der Waals surface area contributed by atoms with Gasteiger partial charge in [0, 0.05) is 6.54 Å². The Morgan fingerprint density at radius 2 is 1.28 bits per heavy atom. The van der Waals surface area contributed by atoms with Crippen LogP contribution in [0.25, 0.3) is 0 Å². The van der Waals surface area contributed by atoms with E-state index in [0.29, 0.717) is 27.7 Å². The van der Waals surface area contributed by atoms with Gasteiger partial charge in [-0.05, 0) is 30.7 Å². The van der Waals surface area contributed by atoms with E-state index in [1.165, 1.54) is 4.90 Å².